The van der Waals surface area contributed by atoms with Crippen LogP contribution < -0.4 is 5.73 Å². The fraction of sp³-hybridized carbons (Fsp3) is 0.750. The highest BCUT2D eigenvalue weighted by Gasteiger charge is 1.94. The molecule has 0 rings (SSSR count). The van der Waals surface area contributed by atoms with Gasteiger partial charge in [0, 0.05) is 5.25 Å². The average Bonchev–Trinajstić information content (AvgIpc) is 1.61. The fourth-order valence-electron chi connectivity index (χ4n) is 0.148. The van der Waals surface area contributed by atoms with E-state index in [1.807, 2.05) is 0 Å². The van der Waals surface area contributed by atoms with E-state index in [9.17, 15) is 0 Å². The van der Waals surface area contributed by atoms with Gasteiger partial charge in [0.2, 0.25) is 0 Å². The Balaban J connectivity index is 3.05. The molecule has 0 aromatic heterocycles. The van der Waals surface area contributed by atoms with Crippen molar-refractivity contribution in [3.8, 4) is 0 Å². The predicted octanol–water partition coefficient (Wildman–Crippen LogP) is 1.67. The van der Waals surface area contributed by atoms with Gasteiger partial charge in [0.05, 0.1) is 0 Å². The van der Waals surface area contributed by atoms with Gasteiger partial charge in [-0.25, -0.2) is 0 Å². The standard InChI is InChI=1S/C4H10N2S2/c1-3(2)7-8-4(5)6/h3H,1-2H3,(H3,5,6). The van der Waals surface area contributed by atoms with Crippen molar-refractivity contribution in [3.05, 3.63) is 0 Å². The highest BCUT2D eigenvalue weighted by Crippen LogP contribution is 2.24. The second-order valence-electron chi connectivity index (χ2n) is 1.59. The summed E-state index contributed by atoms with van der Waals surface area (Å²) in [4.78, 5) is 0. The molecule has 0 radical (unpaired) electrons. The lowest BCUT2D eigenvalue weighted by Crippen LogP contribution is -2.02. The van der Waals surface area contributed by atoms with Crippen LogP contribution in [0.4, 0.5) is 0 Å². The van der Waals surface area contributed by atoms with Crippen molar-refractivity contribution < 1.29 is 0 Å². The van der Waals surface area contributed by atoms with E-state index in [1.165, 1.54) is 10.8 Å². The fourth-order valence-corrected chi connectivity index (χ4v) is 1.33. The van der Waals surface area contributed by atoms with Crippen molar-refractivity contribution in [2.24, 2.45) is 5.73 Å². The second kappa shape index (κ2) is 4.09. The van der Waals surface area contributed by atoms with Crippen LogP contribution in [0.3, 0.4) is 0 Å². The maximum Gasteiger partial charge on any atom is 0.161 e. The normalized spacial score (nSPS) is 9.88. The summed E-state index contributed by atoms with van der Waals surface area (Å²) in [7, 11) is 2.92. The van der Waals surface area contributed by atoms with Gasteiger partial charge in [-0.2, -0.15) is 0 Å². The number of hydrogen-bond donors (Lipinski definition) is 2. The number of rotatable bonds is 2. The van der Waals surface area contributed by atoms with Crippen LogP contribution in [0.1, 0.15) is 13.8 Å². The Morgan fingerprint density at radius 1 is 1.62 bits per heavy atom. The summed E-state index contributed by atoms with van der Waals surface area (Å²) in [5.41, 5.74) is 5.07. The van der Waals surface area contributed by atoms with Crippen LogP contribution in [-0.4, -0.2) is 10.4 Å². The Kier molecular flexibility index (Phi) is 4.18. The summed E-state index contributed by atoms with van der Waals surface area (Å²) in [5, 5.41) is 7.54. The van der Waals surface area contributed by atoms with Gasteiger partial charge in [-0.15, -0.1) is 0 Å². The third-order valence-corrected chi connectivity index (χ3v) is 2.97. The molecule has 8 heavy (non-hydrogen) atoms. The van der Waals surface area contributed by atoms with Gasteiger partial charge < -0.3 is 5.73 Å². The largest absolute Gasteiger partial charge is 0.378 e. The van der Waals surface area contributed by atoms with Crippen LogP contribution >= 0.6 is 21.6 Å². The molecular formula is C4H10N2S2. The van der Waals surface area contributed by atoms with Gasteiger partial charge in [0.1, 0.15) is 0 Å². The van der Waals surface area contributed by atoms with E-state index in [-0.39, 0.29) is 5.17 Å². The van der Waals surface area contributed by atoms with Crippen LogP contribution in [0.2, 0.25) is 0 Å². The SMILES string of the molecule is CC(C)SSC(=N)N. The van der Waals surface area contributed by atoms with Gasteiger partial charge in [-0.05, 0) is 10.8 Å². The van der Waals surface area contributed by atoms with Crippen molar-refractivity contribution in [3.63, 3.8) is 0 Å². The molecule has 3 N–H and O–H groups in total. The molecule has 4 heteroatoms. The minimum absolute atomic E-state index is 0.184. The zero-order valence-electron chi connectivity index (χ0n) is 4.97. The summed E-state index contributed by atoms with van der Waals surface area (Å²) in [6.45, 7) is 4.14. The monoisotopic (exact) mass is 150 g/mol. The Morgan fingerprint density at radius 3 is 2.25 bits per heavy atom. The summed E-state index contributed by atoms with van der Waals surface area (Å²) in [6.07, 6.45) is 0. The minimum Gasteiger partial charge on any atom is -0.378 e. The van der Waals surface area contributed by atoms with Crippen LogP contribution in [0, 0.1) is 5.41 Å². The summed E-state index contributed by atoms with van der Waals surface area (Å²) in [5.74, 6) is 0. The maximum absolute atomic E-state index is 6.81. The van der Waals surface area contributed by atoms with E-state index in [0.717, 1.165) is 0 Å². The van der Waals surface area contributed by atoms with E-state index in [4.69, 9.17) is 11.1 Å². The summed E-state index contributed by atoms with van der Waals surface area (Å²) >= 11 is 0. The van der Waals surface area contributed by atoms with Crippen molar-refractivity contribution in [2.75, 3.05) is 0 Å². The topological polar surface area (TPSA) is 49.9 Å². The number of nitrogens with two attached hydrogens (primary N) is 1. The van der Waals surface area contributed by atoms with Crippen LogP contribution in [0.25, 0.3) is 0 Å². The zero-order chi connectivity index (χ0) is 6.57. The molecule has 0 unspecified atom stereocenters. The molecule has 0 saturated carbocycles. The minimum atomic E-state index is 0.184. The lowest BCUT2D eigenvalue weighted by molar-refractivity contribution is 1.12. The van der Waals surface area contributed by atoms with E-state index in [0.29, 0.717) is 5.25 Å². The lowest BCUT2D eigenvalue weighted by atomic mass is 10.6. The molecule has 48 valence electrons. The highest BCUT2D eigenvalue weighted by molar-refractivity contribution is 8.82. The molecule has 0 aliphatic rings. The molecule has 0 bridgehead atoms. The predicted molar refractivity (Wildman–Crippen MR) is 42.2 cm³/mol. The van der Waals surface area contributed by atoms with Crippen molar-refractivity contribution in [1.82, 2.24) is 0 Å². The second-order valence-corrected chi connectivity index (χ2v) is 4.41. The number of amidine groups is 1. The molecule has 0 aliphatic carbocycles. The van der Waals surface area contributed by atoms with Crippen molar-refractivity contribution in [2.45, 2.75) is 19.1 Å². The maximum atomic E-state index is 6.81. The van der Waals surface area contributed by atoms with E-state index in [2.05, 4.69) is 13.8 Å². The van der Waals surface area contributed by atoms with Gasteiger partial charge in [-0.3, -0.25) is 5.41 Å². The Bertz CT molecular complexity index is 82.1. The molecular weight excluding hydrogens is 140 g/mol. The van der Waals surface area contributed by atoms with Crippen LogP contribution in [0.15, 0.2) is 0 Å². The van der Waals surface area contributed by atoms with E-state index in [1.54, 1.807) is 10.8 Å². The quantitative estimate of drug-likeness (QED) is 0.357. The molecule has 0 heterocycles. The summed E-state index contributed by atoms with van der Waals surface area (Å²) in [6, 6.07) is 0. The highest BCUT2D eigenvalue weighted by atomic mass is 33.1. The average molecular weight is 150 g/mol. The molecule has 0 amide bonds. The third-order valence-electron chi connectivity index (χ3n) is 0.330. The Labute approximate surface area is 57.5 Å². The van der Waals surface area contributed by atoms with Gasteiger partial charge in [-0.1, -0.05) is 24.6 Å². The Morgan fingerprint density at radius 2 is 2.12 bits per heavy atom. The molecule has 0 aromatic carbocycles. The van der Waals surface area contributed by atoms with E-state index < -0.39 is 0 Å². The zero-order valence-corrected chi connectivity index (χ0v) is 6.60. The molecule has 0 saturated heterocycles. The number of hydrogen-bond acceptors (Lipinski definition) is 3. The molecule has 0 aliphatic heterocycles. The third kappa shape index (κ3) is 6.17. The first-order chi connectivity index (χ1) is 3.63. The molecule has 0 fully saturated rings. The van der Waals surface area contributed by atoms with E-state index >= 15 is 0 Å². The lowest BCUT2D eigenvalue weighted by Gasteiger charge is -1.99. The first kappa shape index (κ1) is 8.17. The first-order valence-electron chi connectivity index (χ1n) is 2.30. The molecule has 2 nitrogen and oxygen atoms in total. The van der Waals surface area contributed by atoms with Gasteiger partial charge >= 0.3 is 0 Å². The van der Waals surface area contributed by atoms with Crippen LogP contribution in [0.5, 0.6) is 0 Å². The van der Waals surface area contributed by atoms with Gasteiger partial charge in [0.15, 0.2) is 5.17 Å². The van der Waals surface area contributed by atoms with Crippen molar-refractivity contribution in [1.29, 1.82) is 5.41 Å². The first-order valence-corrected chi connectivity index (χ1v) is 4.51. The summed E-state index contributed by atoms with van der Waals surface area (Å²) < 4.78 is 0. The molecule has 0 atom stereocenters. The van der Waals surface area contributed by atoms with Gasteiger partial charge in [0.25, 0.3) is 0 Å². The molecule has 0 spiro atoms. The Hall–Kier alpha value is 0.170. The van der Waals surface area contributed by atoms with Crippen LogP contribution in [-0.2, 0) is 0 Å². The molecule has 0 aromatic rings. The smallest absolute Gasteiger partial charge is 0.161 e. The number of nitrogens with one attached hydrogen (secondary N) is 1. The van der Waals surface area contributed by atoms with Crippen molar-refractivity contribution >= 4 is 26.8 Å².